The molecular weight excluding hydrogens is 680 g/mol. The van der Waals surface area contributed by atoms with E-state index in [-0.39, 0.29) is 47.4 Å². The van der Waals surface area contributed by atoms with Gasteiger partial charge in [0.2, 0.25) is 0 Å². The number of benzene rings is 6. The van der Waals surface area contributed by atoms with E-state index in [2.05, 4.69) is 139 Å². The van der Waals surface area contributed by atoms with Gasteiger partial charge in [-0.3, -0.25) is 0 Å². The summed E-state index contributed by atoms with van der Waals surface area (Å²) in [6.07, 6.45) is 4.32. The molecule has 0 heterocycles. The molecule has 6 aromatic carbocycles. The Kier molecular flexibility index (Phi) is 12.8. The zero-order chi connectivity index (χ0) is 35.2. The Labute approximate surface area is 333 Å². The number of hydrogen-bond donors (Lipinski definition) is 2. The summed E-state index contributed by atoms with van der Waals surface area (Å²) in [6, 6.07) is 42.6. The molecule has 0 atom stereocenters. The number of aryl methyl sites for hydroxylation is 2. The van der Waals surface area contributed by atoms with Crippen LogP contribution in [0.25, 0.3) is 44.5 Å². The molecule has 0 saturated carbocycles. The van der Waals surface area contributed by atoms with E-state index in [0.717, 1.165) is 59.1 Å². The summed E-state index contributed by atoms with van der Waals surface area (Å²) in [4.78, 5) is 0. The average molecular weight is 735 g/mol. The van der Waals surface area contributed by atoms with Crippen LogP contribution in [0.4, 0.5) is 0 Å². The van der Waals surface area contributed by atoms with Crippen LogP contribution in [0.15, 0.2) is 121 Å². The van der Waals surface area contributed by atoms with Gasteiger partial charge < -0.3 is 25.1 Å². The van der Waals surface area contributed by atoms with Crippen LogP contribution < -0.4 is 0 Å². The molecule has 2 aliphatic carbocycles. The van der Waals surface area contributed by atoms with Gasteiger partial charge in [0.05, 0.1) is 0 Å². The van der Waals surface area contributed by atoms with Gasteiger partial charge in [-0.15, -0.1) is 0 Å². The van der Waals surface area contributed by atoms with Crippen molar-refractivity contribution in [2.75, 3.05) is 0 Å². The monoisotopic (exact) mass is 734 g/mol. The first-order valence-corrected chi connectivity index (χ1v) is 18.3. The Morgan fingerprint density at radius 1 is 0.396 bits per heavy atom. The van der Waals surface area contributed by atoms with Crippen molar-refractivity contribution in [2.24, 2.45) is 0 Å². The van der Waals surface area contributed by atoms with Crippen LogP contribution in [0.5, 0.6) is 11.5 Å². The molecule has 2 nitrogen and oxygen atoms in total. The summed E-state index contributed by atoms with van der Waals surface area (Å²) in [6.45, 7) is 13.3. The molecule has 270 valence electrons. The van der Waals surface area contributed by atoms with E-state index in [9.17, 15) is 10.2 Å². The Morgan fingerprint density at radius 3 is 1.09 bits per heavy atom. The van der Waals surface area contributed by atoms with E-state index in [1.165, 1.54) is 44.5 Å². The Hall–Kier alpha value is -4.37. The summed E-state index contributed by atoms with van der Waals surface area (Å²) >= 11 is 0. The summed E-state index contributed by atoms with van der Waals surface area (Å²) in [5.74, 6) is 0.694. The number of aromatic hydroxyl groups is 2. The van der Waals surface area contributed by atoms with Crippen LogP contribution in [0.3, 0.4) is 0 Å². The first-order valence-electron chi connectivity index (χ1n) is 18.3. The molecule has 0 amide bonds. The molecule has 0 fully saturated rings. The van der Waals surface area contributed by atoms with Gasteiger partial charge in [0.15, 0.2) is 0 Å². The molecule has 0 saturated heterocycles. The normalized spacial score (nSPS) is 13.4. The third kappa shape index (κ3) is 6.70. The molecular formula is C50H54O2Ti. The summed E-state index contributed by atoms with van der Waals surface area (Å²) in [7, 11) is 0. The van der Waals surface area contributed by atoms with Gasteiger partial charge in [-0.1, -0.05) is 124 Å². The number of rotatable bonds is 6. The molecule has 53 heavy (non-hydrogen) atoms. The molecule has 0 unspecified atom stereocenters. The van der Waals surface area contributed by atoms with Gasteiger partial charge >= 0.3 is 21.7 Å². The second-order valence-electron chi connectivity index (χ2n) is 14.2. The molecule has 2 N–H and O–H groups in total. The second kappa shape index (κ2) is 16.3. The van der Waals surface area contributed by atoms with Crippen molar-refractivity contribution in [2.45, 2.75) is 78.1 Å². The van der Waals surface area contributed by atoms with Crippen LogP contribution >= 0.6 is 0 Å². The topological polar surface area (TPSA) is 40.5 Å². The van der Waals surface area contributed by atoms with Crippen LogP contribution in [-0.2, 0) is 32.5 Å². The largest absolute Gasteiger partial charge is 2.00 e. The van der Waals surface area contributed by atoms with Crippen LogP contribution in [0, 0.1) is 28.7 Å². The van der Waals surface area contributed by atoms with Gasteiger partial charge in [0.1, 0.15) is 11.5 Å². The molecule has 8 rings (SSSR count). The number of phenolic OH excluding ortho intramolecular Hbond substituents is 2. The van der Waals surface area contributed by atoms with Crippen LogP contribution in [0.1, 0.15) is 86.8 Å². The average Bonchev–Trinajstić information content (AvgIpc) is 3.60. The molecule has 0 aliphatic heterocycles. The van der Waals surface area contributed by atoms with Crippen LogP contribution in [0.2, 0.25) is 0 Å². The zero-order valence-corrected chi connectivity index (χ0v) is 34.3. The predicted octanol–water partition coefficient (Wildman–Crippen LogP) is 13.8. The maximum absolute atomic E-state index is 10.4. The summed E-state index contributed by atoms with van der Waals surface area (Å²) < 4.78 is 0. The summed E-state index contributed by atoms with van der Waals surface area (Å²) in [5.41, 5.74) is 17.6. The minimum Gasteiger partial charge on any atom is -0.507 e. The molecule has 0 spiro atoms. The third-order valence-corrected chi connectivity index (χ3v) is 11.9. The fourth-order valence-electron chi connectivity index (χ4n) is 9.03. The molecule has 3 heteroatoms. The quantitative estimate of drug-likeness (QED) is 0.132. The maximum atomic E-state index is 10.4. The smallest absolute Gasteiger partial charge is 0.507 e. The van der Waals surface area contributed by atoms with Crippen molar-refractivity contribution in [1.29, 1.82) is 0 Å². The van der Waals surface area contributed by atoms with Gasteiger partial charge in [-0.25, -0.2) is 0 Å². The van der Waals surface area contributed by atoms with E-state index < -0.39 is 0 Å². The summed E-state index contributed by atoms with van der Waals surface area (Å²) in [5, 5.41) is 20.7. The van der Waals surface area contributed by atoms with Crippen molar-refractivity contribution in [3.8, 4) is 56.0 Å². The van der Waals surface area contributed by atoms with Gasteiger partial charge in [0.25, 0.3) is 0 Å². The van der Waals surface area contributed by atoms with E-state index in [0.29, 0.717) is 11.5 Å². The third-order valence-electron chi connectivity index (χ3n) is 11.9. The first-order chi connectivity index (χ1) is 24.2. The fourth-order valence-corrected chi connectivity index (χ4v) is 9.03. The fraction of sp³-hybridized carbons (Fsp3) is 0.240. The Bertz CT molecular complexity index is 2060. The van der Waals surface area contributed by atoms with E-state index >= 15 is 0 Å². The van der Waals surface area contributed by atoms with E-state index in [1.54, 1.807) is 12.1 Å². The van der Waals surface area contributed by atoms with Gasteiger partial charge in [-0.05, 0) is 132 Å². The van der Waals surface area contributed by atoms with Crippen molar-refractivity contribution in [3.05, 3.63) is 170 Å². The zero-order valence-electron chi connectivity index (χ0n) is 32.8. The van der Waals surface area contributed by atoms with Crippen molar-refractivity contribution >= 4 is 0 Å². The van der Waals surface area contributed by atoms with Crippen molar-refractivity contribution in [3.63, 3.8) is 0 Å². The second-order valence-corrected chi connectivity index (χ2v) is 14.2. The van der Waals surface area contributed by atoms with Crippen LogP contribution in [-0.4, -0.2) is 10.2 Å². The Balaban J connectivity index is 0.000000224. The molecule has 0 bridgehead atoms. The number of hydrogen-bond acceptors (Lipinski definition) is 2. The Morgan fingerprint density at radius 2 is 0.736 bits per heavy atom. The molecule has 6 aromatic rings. The van der Waals surface area contributed by atoms with Crippen molar-refractivity contribution < 1.29 is 31.9 Å². The van der Waals surface area contributed by atoms with Crippen molar-refractivity contribution in [1.82, 2.24) is 0 Å². The van der Waals surface area contributed by atoms with Gasteiger partial charge in [-0.2, -0.15) is 0 Å². The first kappa shape index (κ1) is 41.4. The minimum atomic E-state index is 0. The molecule has 2 aliphatic rings. The minimum absolute atomic E-state index is 0. The molecule has 0 radical (unpaired) electrons. The SMILES string of the molecule is CCC1(CC)c2ccccc2-c2ccc(-c3cc(C)ccc3O)cc21.CCC1(CC)c2ccccc2-c2ccc(-c3cc(C)ccc3O)cc21.[CH3-].[CH3-].[Ti+2]. The maximum Gasteiger partial charge on any atom is 2.00 e. The van der Waals surface area contributed by atoms with E-state index in [1.807, 2.05) is 12.1 Å². The number of fused-ring (bicyclic) bond motifs is 6. The van der Waals surface area contributed by atoms with Gasteiger partial charge in [0, 0.05) is 22.0 Å². The molecule has 0 aromatic heterocycles. The van der Waals surface area contributed by atoms with E-state index in [4.69, 9.17) is 0 Å². The number of phenols is 2. The predicted molar refractivity (Wildman–Crippen MR) is 223 cm³/mol. The standard InChI is InChI=1S/2C24H24O.2CH3.Ti/c2*1-4-24(5-2)21-9-7-6-8-18(21)19-12-11-17(15-22(19)24)20-14-16(3)10-13-23(20)25;;;/h2*6-15,25H,4-5H2,1-3H3;2*1H3;/q;;2*-1;+2.